The maximum Gasteiger partial charge on any atom is 0.347 e. The molecular weight excluding hydrogens is 394 g/mol. The Morgan fingerprint density at radius 3 is 2.69 bits per heavy atom. The van der Waals surface area contributed by atoms with E-state index >= 15 is 0 Å². The van der Waals surface area contributed by atoms with Crippen LogP contribution in [0.3, 0.4) is 0 Å². The van der Waals surface area contributed by atoms with Crippen molar-refractivity contribution in [3.05, 3.63) is 23.9 Å². The highest BCUT2D eigenvalue weighted by Gasteiger charge is 2.37. The standard InChI is InChI=1S/C20H29N3O5S/c1-3-15(2)23(16-8-12-29(26,27)14-16)18(24)13-28-20(25)17-7-6-9-21-19(17)22-10-4-5-11-22/h6-7,9,15-16H,3-5,8,10-14H2,1-2H3/p+1/t15-,16+/m1/s1. The predicted molar refractivity (Wildman–Crippen MR) is 108 cm³/mol. The summed E-state index contributed by atoms with van der Waals surface area (Å²) in [7, 11) is -3.12. The zero-order valence-corrected chi connectivity index (χ0v) is 17.9. The molecule has 0 saturated carbocycles. The minimum absolute atomic E-state index is 0.0240. The SMILES string of the molecule is CC[C@@H](C)N(C(=O)COC(=O)c1ccc[nH+]c1N1CCCC1)[C@H]1CCS(=O)(=O)C1. The van der Waals surface area contributed by atoms with Crippen LogP contribution >= 0.6 is 0 Å². The Balaban J connectivity index is 1.68. The van der Waals surface area contributed by atoms with Crippen molar-refractivity contribution in [2.24, 2.45) is 0 Å². The fourth-order valence-corrected chi connectivity index (χ4v) is 5.79. The Labute approximate surface area is 172 Å². The van der Waals surface area contributed by atoms with Gasteiger partial charge >= 0.3 is 5.97 Å². The highest BCUT2D eigenvalue weighted by molar-refractivity contribution is 7.91. The van der Waals surface area contributed by atoms with Crippen molar-refractivity contribution in [1.29, 1.82) is 0 Å². The summed E-state index contributed by atoms with van der Waals surface area (Å²) >= 11 is 0. The number of pyridine rings is 1. The van der Waals surface area contributed by atoms with Gasteiger partial charge in [0.1, 0.15) is 5.56 Å². The number of hydrogen-bond acceptors (Lipinski definition) is 6. The first-order valence-electron chi connectivity index (χ1n) is 10.3. The van der Waals surface area contributed by atoms with Crippen molar-refractivity contribution in [1.82, 2.24) is 4.90 Å². The smallest absolute Gasteiger partial charge is 0.347 e. The van der Waals surface area contributed by atoms with Crippen molar-refractivity contribution in [3.8, 4) is 0 Å². The van der Waals surface area contributed by atoms with E-state index in [1.807, 2.05) is 13.8 Å². The second-order valence-corrected chi connectivity index (χ2v) is 10.0. The molecular formula is C20H30N3O5S+. The van der Waals surface area contributed by atoms with Crippen LogP contribution < -0.4 is 9.88 Å². The van der Waals surface area contributed by atoms with Crippen LogP contribution in [0.25, 0.3) is 0 Å². The largest absolute Gasteiger partial charge is 0.452 e. The molecule has 0 spiro atoms. The number of hydrogen-bond donors (Lipinski definition) is 0. The van der Waals surface area contributed by atoms with Gasteiger partial charge in [-0.2, -0.15) is 0 Å². The minimum Gasteiger partial charge on any atom is -0.452 e. The Bertz CT molecular complexity index is 851. The van der Waals surface area contributed by atoms with E-state index in [4.69, 9.17) is 4.74 Å². The molecule has 29 heavy (non-hydrogen) atoms. The van der Waals surface area contributed by atoms with Gasteiger partial charge in [-0.3, -0.25) is 9.69 Å². The van der Waals surface area contributed by atoms with E-state index in [-0.39, 0.29) is 29.5 Å². The lowest BCUT2D eigenvalue weighted by molar-refractivity contribution is -0.364. The average Bonchev–Trinajstić information content (AvgIpc) is 3.36. The lowest BCUT2D eigenvalue weighted by Gasteiger charge is -2.33. The number of nitrogens with one attached hydrogen (secondary N) is 1. The number of esters is 1. The summed E-state index contributed by atoms with van der Waals surface area (Å²) in [5.41, 5.74) is 0.403. The monoisotopic (exact) mass is 424 g/mol. The quantitative estimate of drug-likeness (QED) is 0.608. The number of anilines is 1. The number of ether oxygens (including phenoxy) is 1. The van der Waals surface area contributed by atoms with E-state index in [1.54, 1.807) is 23.2 Å². The molecule has 1 aromatic heterocycles. The molecule has 0 aliphatic carbocycles. The number of H-pyrrole nitrogens is 1. The Hall–Kier alpha value is -2.16. The lowest BCUT2D eigenvalue weighted by Crippen LogP contribution is -2.48. The fraction of sp³-hybridized carbons (Fsp3) is 0.650. The Kier molecular flexibility index (Phi) is 6.77. The zero-order valence-electron chi connectivity index (χ0n) is 17.1. The Morgan fingerprint density at radius 1 is 1.34 bits per heavy atom. The molecule has 2 aliphatic heterocycles. The first-order chi connectivity index (χ1) is 13.8. The summed E-state index contributed by atoms with van der Waals surface area (Å²) in [6.07, 6.45) is 5.04. The molecule has 2 aliphatic rings. The average molecular weight is 425 g/mol. The summed E-state index contributed by atoms with van der Waals surface area (Å²) in [6, 6.07) is 2.94. The second kappa shape index (κ2) is 9.11. The third-order valence-corrected chi connectivity index (χ3v) is 7.51. The number of nitrogens with zero attached hydrogens (tertiary/aromatic N) is 2. The molecule has 3 rings (SSSR count). The van der Waals surface area contributed by atoms with Crippen molar-refractivity contribution >= 4 is 27.5 Å². The van der Waals surface area contributed by atoms with Crippen molar-refractivity contribution in [3.63, 3.8) is 0 Å². The minimum atomic E-state index is -3.12. The molecule has 0 radical (unpaired) electrons. The summed E-state index contributed by atoms with van der Waals surface area (Å²) < 4.78 is 29.1. The highest BCUT2D eigenvalue weighted by atomic mass is 32.2. The maximum absolute atomic E-state index is 12.9. The van der Waals surface area contributed by atoms with Crippen molar-refractivity contribution < 1.29 is 27.7 Å². The molecule has 0 aromatic carbocycles. The van der Waals surface area contributed by atoms with Crippen LogP contribution in [0.15, 0.2) is 18.3 Å². The first kappa shape index (κ1) is 21.5. The van der Waals surface area contributed by atoms with Gasteiger partial charge in [-0.05, 0) is 44.7 Å². The van der Waals surface area contributed by atoms with E-state index in [0.717, 1.165) is 25.9 Å². The molecule has 1 aromatic rings. The van der Waals surface area contributed by atoms with Crippen LogP contribution in [0, 0.1) is 0 Å². The number of rotatable bonds is 7. The molecule has 3 heterocycles. The van der Waals surface area contributed by atoms with E-state index in [1.165, 1.54) is 0 Å². The molecule has 0 bridgehead atoms. The van der Waals surface area contributed by atoms with E-state index in [2.05, 4.69) is 9.88 Å². The third kappa shape index (κ3) is 5.07. The first-order valence-corrected chi connectivity index (χ1v) is 12.1. The number of aromatic amines is 1. The summed E-state index contributed by atoms with van der Waals surface area (Å²) in [5.74, 6) is -0.124. The molecule has 2 saturated heterocycles. The second-order valence-electron chi connectivity index (χ2n) is 7.82. The number of sulfone groups is 1. The van der Waals surface area contributed by atoms with Gasteiger partial charge in [-0.15, -0.1) is 0 Å². The van der Waals surface area contributed by atoms with E-state index < -0.39 is 22.4 Å². The molecule has 8 nitrogen and oxygen atoms in total. The van der Waals surface area contributed by atoms with Gasteiger partial charge in [0.2, 0.25) is 0 Å². The number of carbonyl (C=O) groups is 2. The van der Waals surface area contributed by atoms with Gasteiger partial charge in [0.25, 0.3) is 11.7 Å². The highest BCUT2D eigenvalue weighted by Crippen LogP contribution is 2.23. The van der Waals surface area contributed by atoms with Gasteiger partial charge < -0.3 is 9.64 Å². The van der Waals surface area contributed by atoms with E-state index in [9.17, 15) is 18.0 Å². The molecule has 1 amide bonds. The summed E-state index contributed by atoms with van der Waals surface area (Å²) in [5, 5.41) is 0. The molecule has 9 heteroatoms. The van der Waals surface area contributed by atoms with Crippen LogP contribution in [0.5, 0.6) is 0 Å². The van der Waals surface area contributed by atoms with Gasteiger partial charge in [0.15, 0.2) is 16.4 Å². The molecule has 160 valence electrons. The molecule has 2 atom stereocenters. The normalized spacial score (nSPS) is 21.7. The van der Waals surface area contributed by atoms with Gasteiger partial charge in [-0.1, -0.05) is 6.92 Å². The van der Waals surface area contributed by atoms with E-state index in [0.29, 0.717) is 24.2 Å². The predicted octanol–water partition coefficient (Wildman–Crippen LogP) is 1.07. The zero-order chi connectivity index (χ0) is 21.0. The van der Waals surface area contributed by atoms with Crippen molar-refractivity contribution in [2.45, 2.75) is 51.6 Å². The molecule has 2 fully saturated rings. The maximum atomic E-state index is 12.9. The van der Waals surface area contributed by atoms with Gasteiger partial charge in [0, 0.05) is 12.1 Å². The summed E-state index contributed by atoms with van der Waals surface area (Å²) in [4.78, 5) is 32.3. The lowest BCUT2D eigenvalue weighted by atomic mass is 10.1. The van der Waals surface area contributed by atoms with Crippen LogP contribution in [0.1, 0.15) is 49.9 Å². The van der Waals surface area contributed by atoms with Gasteiger partial charge in [-0.25, -0.2) is 18.2 Å². The van der Waals surface area contributed by atoms with Crippen LogP contribution in [0.2, 0.25) is 0 Å². The van der Waals surface area contributed by atoms with Crippen LogP contribution in [-0.4, -0.2) is 68.5 Å². The van der Waals surface area contributed by atoms with Crippen molar-refractivity contribution in [2.75, 3.05) is 36.1 Å². The molecule has 0 unspecified atom stereocenters. The Morgan fingerprint density at radius 2 is 2.07 bits per heavy atom. The number of aromatic nitrogens is 1. The topological polar surface area (TPSA) is 98.1 Å². The molecule has 1 N–H and O–H groups in total. The number of amides is 1. The summed E-state index contributed by atoms with van der Waals surface area (Å²) in [6.45, 7) is 5.19. The fourth-order valence-electron chi connectivity index (χ4n) is 4.08. The third-order valence-electron chi connectivity index (χ3n) is 5.76. The van der Waals surface area contributed by atoms with Crippen LogP contribution in [0.4, 0.5) is 5.82 Å². The number of carbonyl (C=O) groups excluding carboxylic acids is 2. The van der Waals surface area contributed by atoms with Crippen LogP contribution in [-0.2, 0) is 19.4 Å². The van der Waals surface area contributed by atoms with Gasteiger partial charge in [0.05, 0.1) is 30.8 Å².